The predicted octanol–water partition coefficient (Wildman–Crippen LogP) is 7.56. The molecule has 1 fully saturated rings. The Morgan fingerprint density at radius 3 is 2.23 bits per heavy atom. The Morgan fingerprint density at radius 1 is 1.06 bits per heavy atom. The second kappa shape index (κ2) is 8.78. The van der Waals surface area contributed by atoms with Crippen molar-refractivity contribution in [1.82, 2.24) is 5.01 Å². The van der Waals surface area contributed by atoms with E-state index in [2.05, 4.69) is 13.0 Å². The van der Waals surface area contributed by atoms with Gasteiger partial charge in [0, 0.05) is 16.0 Å². The molecule has 2 aromatic carbocycles. The third kappa shape index (κ3) is 4.80. The van der Waals surface area contributed by atoms with E-state index in [0.717, 1.165) is 35.3 Å². The van der Waals surface area contributed by atoms with Crippen LogP contribution >= 0.6 is 46.4 Å². The van der Waals surface area contributed by atoms with Crippen molar-refractivity contribution < 1.29 is 4.79 Å². The van der Waals surface area contributed by atoms with Crippen LogP contribution in [0.4, 0.5) is 0 Å². The molecular formula is C24H22Cl4N2O. The Morgan fingerprint density at radius 2 is 1.65 bits per heavy atom. The summed E-state index contributed by atoms with van der Waals surface area (Å²) >= 11 is 24.6. The van der Waals surface area contributed by atoms with Crippen LogP contribution in [-0.2, 0) is 4.79 Å². The molecule has 1 aliphatic carbocycles. The molecule has 2 aliphatic rings. The van der Waals surface area contributed by atoms with Crippen LogP contribution in [0.2, 0.25) is 10.0 Å². The number of fused-ring (bicyclic) bond motifs is 1. The minimum atomic E-state index is -1.58. The number of rotatable bonds is 3. The van der Waals surface area contributed by atoms with Gasteiger partial charge in [-0.3, -0.25) is 4.79 Å². The first-order valence-electron chi connectivity index (χ1n) is 10.2. The van der Waals surface area contributed by atoms with Gasteiger partial charge in [0.25, 0.3) is 5.91 Å². The number of benzene rings is 2. The molecule has 0 N–H and O–H groups in total. The molecule has 1 heterocycles. The average molecular weight is 496 g/mol. The highest BCUT2D eigenvalue weighted by atomic mass is 35.5. The smallest absolute Gasteiger partial charge is 0.269 e. The predicted molar refractivity (Wildman–Crippen MR) is 130 cm³/mol. The van der Waals surface area contributed by atoms with Crippen LogP contribution in [0.3, 0.4) is 0 Å². The summed E-state index contributed by atoms with van der Waals surface area (Å²) in [5.41, 5.74) is 4.03. The third-order valence-corrected chi connectivity index (χ3v) is 6.60. The van der Waals surface area contributed by atoms with Crippen LogP contribution in [0, 0.1) is 11.8 Å². The van der Waals surface area contributed by atoms with Crippen molar-refractivity contribution in [2.45, 2.75) is 37.1 Å². The van der Waals surface area contributed by atoms with Gasteiger partial charge in [0.05, 0.1) is 11.8 Å². The standard InChI is InChI=1S/C24H22Cl4N2O/c1-14-11-17(13-15-3-7-18(25)8-4-15)21-20(12-14)22(16-5-9-19(26)10-6-16)30(29-21)23(31)24(2,27)28/h3-10,13-14,20,22H,11-12H2,1-2H3/b17-13+/t14-,20-,22+/m1/s1. The lowest BCUT2D eigenvalue weighted by Crippen LogP contribution is -2.39. The number of halogens is 4. The minimum Gasteiger partial charge on any atom is -0.269 e. The van der Waals surface area contributed by atoms with E-state index in [1.54, 1.807) is 0 Å². The number of nitrogens with zero attached hydrogens (tertiary/aromatic N) is 2. The van der Waals surface area contributed by atoms with Crippen LogP contribution in [0.1, 0.15) is 43.9 Å². The number of alkyl halides is 2. The molecule has 0 spiro atoms. The van der Waals surface area contributed by atoms with Gasteiger partial charge >= 0.3 is 0 Å². The fourth-order valence-electron chi connectivity index (χ4n) is 4.41. The van der Waals surface area contributed by atoms with E-state index in [-0.39, 0.29) is 12.0 Å². The first-order valence-corrected chi connectivity index (χ1v) is 11.7. The van der Waals surface area contributed by atoms with Crippen molar-refractivity contribution >= 4 is 64.1 Å². The first kappa shape index (κ1) is 22.7. The van der Waals surface area contributed by atoms with Gasteiger partial charge in [-0.2, -0.15) is 5.10 Å². The molecule has 4 rings (SSSR count). The molecule has 0 bridgehead atoms. The van der Waals surface area contributed by atoms with Crippen molar-refractivity contribution in [3.05, 3.63) is 75.3 Å². The Bertz CT molecular complexity index is 1040. The normalized spacial score (nSPS) is 24.8. The summed E-state index contributed by atoms with van der Waals surface area (Å²) in [7, 11) is 0. The number of allylic oxidation sites excluding steroid dienone is 1. The molecule has 0 radical (unpaired) electrons. The quantitative estimate of drug-likeness (QED) is 0.404. The Hall–Kier alpha value is -1.52. The maximum Gasteiger partial charge on any atom is 0.279 e. The highest BCUT2D eigenvalue weighted by molar-refractivity contribution is 6.57. The molecule has 0 unspecified atom stereocenters. The molecular weight excluding hydrogens is 474 g/mol. The van der Waals surface area contributed by atoms with E-state index in [4.69, 9.17) is 51.5 Å². The molecule has 162 valence electrons. The van der Waals surface area contributed by atoms with Crippen molar-refractivity contribution in [3.63, 3.8) is 0 Å². The van der Waals surface area contributed by atoms with Crippen molar-refractivity contribution in [3.8, 4) is 0 Å². The van der Waals surface area contributed by atoms with Crippen LogP contribution in [0.5, 0.6) is 0 Å². The van der Waals surface area contributed by atoms with E-state index >= 15 is 0 Å². The van der Waals surface area contributed by atoms with Crippen molar-refractivity contribution in [1.29, 1.82) is 0 Å². The minimum absolute atomic E-state index is 0.0445. The monoisotopic (exact) mass is 494 g/mol. The summed E-state index contributed by atoms with van der Waals surface area (Å²) in [6.07, 6.45) is 3.92. The molecule has 3 atom stereocenters. The van der Waals surface area contributed by atoms with Crippen LogP contribution in [0.15, 0.2) is 59.2 Å². The number of carbonyl (C=O) groups excluding carboxylic acids is 1. The fourth-order valence-corrected chi connectivity index (χ4v) is 4.84. The lowest BCUT2D eigenvalue weighted by Gasteiger charge is -2.33. The lowest BCUT2D eigenvalue weighted by molar-refractivity contribution is -0.134. The first-order chi connectivity index (χ1) is 14.6. The molecule has 0 aromatic heterocycles. The second-order valence-electron chi connectivity index (χ2n) is 8.39. The fraction of sp³-hybridized carbons (Fsp3) is 0.333. The third-order valence-electron chi connectivity index (χ3n) is 5.77. The molecule has 31 heavy (non-hydrogen) atoms. The van der Waals surface area contributed by atoms with E-state index in [9.17, 15) is 4.79 Å². The van der Waals surface area contributed by atoms with E-state index in [0.29, 0.717) is 16.0 Å². The number of carbonyl (C=O) groups is 1. The summed E-state index contributed by atoms with van der Waals surface area (Å²) in [4.78, 5) is 13.1. The average Bonchev–Trinajstić information content (AvgIpc) is 3.08. The second-order valence-corrected chi connectivity index (χ2v) is 11.0. The number of hydrogen-bond acceptors (Lipinski definition) is 2. The summed E-state index contributed by atoms with van der Waals surface area (Å²) < 4.78 is -1.58. The van der Waals surface area contributed by atoms with Gasteiger partial charge in [-0.05, 0) is 72.7 Å². The number of amides is 1. The van der Waals surface area contributed by atoms with Crippen LogP contribution < -0.4 is 0 Å². The number of hydrogen-bond donors (Lipinski definition) is 0. The largest absolute Gasteiger partial charge is 0.279 e. The maximum absolute atomic E-state index is 13.1. The molecule has 1 amide bonds. The highest BCUT2D eigenvalue weighted by Crippen LogP contribution is 2.47. The lowest BCUT2D eigenvalue weighted by atomic mass is 9.73. The Labute approximate surface area is 202 Å². The zero-order chi connectivity index (χ0) is 22.3. The van der Waals surface area contributed by atoms with E-state index < -0.39 is 10.2 Å². The molecule has 2 aromatic rings. The van der Waals surface area contributed by atoms with Gasteiger partial charge in [0.2, 0.25) is 0 Å². The van der Waals surface area contributed by atoms with E-state index in [1.807, 2.05) is 48.5 Å². The molecule has 7 heteroatoms. The van der Waals surface area contributed by atoms with E-state index in [1.165, 1.54) is 11.9 Å². The SMILES string of the molecule is C[C@@H]1C/C(=C\c2ccc(Cl)cc2)C2=NN(C(=O)C(C)(Cl)Cl)[C@@H](c3ccc(Cl)cc3)[C@@H]2C1. The van der Waals surface area contributed by atoms with Gasteiger partial charge in [-0.1, -0.05) is 77.6 Å². The summed E-state index contributed by atoms with van der Waals surface area (Å²) in [5, 5.41) is 7.59. The zero-order valence-corrected chi connectivity index (χ0v) is 20.2. The van der Waals surface area contributed by atoms with Crippen LogP contribution in [-0.4, -0.2) is 21.0 Å². The zero-order valence-electron chi connectivity index (χ0n) is 17.2. The molecule has 0 saturated heterocycles. The summed E-state index contributed by atoms with van der Waals surface area (Å²) in [6, 6.07) is 14.9. The highest BCUT2D eigenvalue weighted by Gasteiger charge is 2.48. The van der Waals surface area contributed by atoms with Crippen molar-refractivity contribution in [2.75, 3.05) is 0 Å². The number of hydrazone groups is 1. The molecule has 1 aliphatic heterocycles. The van der Waals surface area contributed by atoms with Gasteiger partial charge in [0.15, 0.2) is 4.33 Å². The summed E-state index contributed by atoms with van der Waals surface area (Å²) in [5.74, 6) is 0.0463. The van der Waals surface area contributed by atoms with Gasteiger partial charge in [0.1, 0.15) is 0 Å². The van der Waals surface area contributed by atoms with Crippen molar-refractivity contribution in [2.24, 2.45) is 16.9 Å². The molecule has 3 nitrogen and oxygen atoms in total. The van der Waals surface area contributed by atoms with Crippen LogP contribution in [0.25, 0.3) is 6.08 Å². The summed E-state index contributed by atoms with van der Waals surface area (Å²) in [6.45, 7) is 3.70. The van der Waals surface area contributed by atoms with Gasteiger partial charge in [-0.15, -0.1) is 0 Å². The van der Waals surface area contributed by atoms with Gasteiger partial charge in [-0.25, -0.2) is 5.01 Å². The molecule has 1 saturated carbocycles. The maximum atomic E-state index is 13.1. The topological polar surface area (TPSA) is 32.7 Å². The Balaban J connectivity index is 1.80. The Kier molecular flexibility index (Phi) is 6.42. The van der Waals surface area contributed by atoms with Gasteiger partial charge < -0.3 is 0 Å².